The van der Waals surface area contributed by atoms with Crippen LogP contribution in [-0.4, -0.2) is 8.07 Å². The molecule has 1 aromatic carbocycles. The molecule has 0 atom stereocenters. The van der Waals surface area contributed by atoms with Crippen molar-refractivity contribution in [1.29, 1.82) is 0 Å². The fourth-order valence-electron chi connectivity index (χ4n) is 3.47. The van der Waals surface area contributed by atoms with Gasteiger partial charge in [-0.1, -0.05) is 58.1 Å². The lowest BCUT2D eigenvalue weighted by Crippen LogP contribution is -2.41. The van der Waals surface area contributed by atoms with Crippen molar-refractivity contribution in [2.75, 3.05) is 0 Å². The number of hydrogen-bond acceptors (Lipinski definition) is 0. The third kappa shape index (κ3) is 2.42. The highest BCUT2D eigenvalue weighted by Gasteiger charge is 2.35. The van der Waals surface area contributed by atoms with Crippen LogP contribution >= 0.6 is 0 Å². The monoisotopic (exact) mass is 260 g/mol. The van der Waals surface area contributed by atoms with E-state index in [4.69, 9.17) is 0 Å². The van der Waals surface area contributed by atoms with E-state index in [1.165, 1.54) is 18.9 Å². The van der Waals surface area contributed by atoms with Gasteiger partial charge >= 0.3 is 0 Å². The van der Waals surface area contributed by atoms with E-state index in [9.17, 15) is 0 Å². The molecule has 1 heteroatoms. The predicted octanol–water partition coefficient (Wildman–Crippen LogP) is 4.48. The highest BCUT2D eigenvalue weighted by atomic mass is 28.3. The molecule has 1 aliphatic heterocycles. The topological polar surface area (TPSA) is 0 Å². The van der Waals surface area contributed by atoms with E-state index < -0.39 is 8.07 Å². The summed E-state index contributed by atoms with van der Waals surface area (Å²) in [5, 5.41) is 1.82. The maximum atomic E-state index is 2.56. The Morgan fingerprint density at radius 1 is 1.11 bits per heavy atom. The molecule has 0 radical (unpaired) electrons. The molecule has 18 heavy (non-hydrogen) atoms. The standard InChI is InChI=1S/C17H28Si/c1-12(2)11-14-7-8-15(13(3)4)17-16(14)9-10-18(17,5)6/h7-8,12-13H,9-11H2,1-6H3. The third-order valence-electron chi connectivity index (χ3n) is 4.37. The lowest BCUT2D eigenvalue weighted by atomic mass is 9.92. The third-order valence-corrected chi connectivity index (χ3v) is 7.81. The Morgan fingerprint density at radius 3 is 2.33 bits per heavy atom. The Morgan fingerprint density at radius 2 is 1.78 bits per heavy atom. The Labute approximate surface area is 114 Å². The van der Waals surface area contributed by atoms with Crippen molar-refractivity contribution in [3.8, 4) is 0 Å². The van der Waals surface area contributed by atoms with Gasteiger partial charge < -0.3 is 0 Å². The average Bonchev–Trinajstić information content (AvgIpc) is 2.55. The van der Waals surface area contributed by atoms with Crippen molar-refractivity contribution >= 4 is 13.3 Å². The highest BCUT2D eigenvalue weighted by Crippen LogP contribution is 2.31. The predicted molar refractivity (Wildman–Crippen MR) is 84.7 cm³/mol. The molecule has 0 nitrogen and oxygen atoms in total. The summed E-state index contributed by atoms with van der Waals surface area (Å²) < 4.78 is 0. The van der Waals surface area contributed by atoms with Crippen molar-refractivity contribution < 1.29 is 0 Å². The van der Waals surface area contributed by atoms with Gasteiger partial charge in [-0.3, -0.25) is 0 Å². The summed E-state index contributed by atoms with van der Waals surface area (Å²) >= 11 is 0. The summed E-state index contributed by atoms with van der Waals surface area (Å²) in [6.07, 6.45) is 2.60. The normalized spacial score (nSPS) is 17.6. The SMILES string of the molecule is CC(C)Cc1ccc(C(C)C)c2c1CC[Si]2(C)C. The zero-order chi connectivity index (χ0) is 13.5. The van der Waals surface area contributed by atoms with Gasteiger partial charge in [0, 0.05) is 0 Å². The summed E-state index contributed by atoms with van der Waals surface area (Å²) in [4.78, 5) is 0. The number of hydrogen-bond donors (Lipinski definition) is 0. The minimum atomic E-state index is -1.15. The Hall–Kier alpha value is -0.563. The lowest BCUT2D eigenvalue weighted by molar-refractivity contribution is 0.643. The molecule has 0 spiro atoms. The van der Waals surface area contributed by atoms with Crippen LogP contribution in [0.5, 0.6) is 0 Å². The first kappa shape index (κ1) is 13.9. The van der Waals surface area contributed by atoms with Gasteiger partial charge in [-0.15, -0.1) is 0 Å². The van der Waals surface area contributed by atoms with Crippen molar-refractivity contribution in [1.82, 2.24) is 0 Å². The fraction of sp³-hybridized carbons (Fsp3) is 0.647. The molecule has 0 saturated carbocycles. The van der Waals surface area contributed by atoms with Gasteiger partial charge in [0.2, 0.25) is 0 Å². The van der Waals surface area contributed by atoms with Crippen LogP contribution in [0.25, 0.3) is 0 Å². The summed E-state index contributed by atoms with van der Waals surface area (Å²) in [6.45, 7) is 14.5. The van der Waals surface area contributed by atoms with E-state index in [2.05, 4.69) is 52.9 Å². The van der Waals surface area contributed by atoms with E-state index in [1.807, 2.05) is 5.19 Å². The van der Waals surface area contributed by atoms with Crippen LogP contribution in [-0.2, 0) is 12.8 Å². The molecular formula is C17H28Si. The van der Waals surface area contributed by atoms with Crippen LogP contribution in [0.4, 0.5) is 0 Å². The summed E-state index contributed by atoms with van der Waals surface area (Å²) in [7, 11) is -1.15. The molecule has 100 valence electrons. The smallest absolute Gasteiger partial charge is 0.0654 e. The summed E-state index contributed by atoms with van der Waals surface area (Å²) in [5.74, 6) is 1.45. The maximum Gasteiger partial charge on any atom is 0.0817 e. The first-order valence-electron chi connectivity index (χ1n) is 7.48. The average molecular weight is 260 g/mol. The van der Waals surface area contributed by atoms with E-state index in [0.29, 0.717) is 5.92 Å². The first-order chi connectivity index (χ1) is 8.33. The van der Waals surface area contributed by atoms with Gasteiger partial charge in [-0.2, -0.15) is 0 Å². The van der Waals surface area contributed by atoms with Gasteiger partial charge in [0.15, 0.2) is 0 Å². The molecule has 0 N–H and O–H groups in total. The second-order valence-electron chi connectivity index (χ2n) is 7.30. The molecule has 1 heterocycles. The number of rotatable bonds is 3. The summed E-state index contributed by atoms with van der Waals surface area (Å²) in [5.41, 5.74) is 5.03. The van der Waals surface area contributed by atoms with Crippen molar-refractivity contribution in [3.05, 3.63) is 28.8 Å². The molecule has 0 aromatic heterocycles. The van der Waals surface area contributed by atoms with Crippen LogP contribution in [0, 0.1) is 5.92 Å². The molecule has 2 rings (SSSR count). The summed E-state index contributed by atoms with van der Waals surface area (Å²) in [6, 6.07) is 6.31. The van der Waals surface area contributed by atoms with Crippen molar-refractivity contribution in [2.45, 2.75) is 65.6 Å². The van der Waals surface area contributed by atoms with Gasteiger partial charge in [0.25, 0.3) is 0 Å². The Kier molecular flexibility index (Phi) is 3.73. The van der Waals surface area contributed by atoms with Gasteiger partial charge in [0.05, 0.1) is 8.07 Å². The van der Waals surface area contributed by atoms with E-state index in [0.717, 1.165) is 5.92 Å². The van der Waals surface area contributed by atoms with Crippen LogP contribution in [0.15, 0.2) is 12.1 Å². The van der Waals surface area contributed by atoms with Crippen molar-refractivity contribution in [3.63, 3.8) is 0 Å². The molecule has 1 aromatic rings. The van der Waals surface area contributed by atoms with Crippen molar-refractivity contribution in [2.24, 2.45) is 5.92 Å². The fourth-order valence-corrected chi connectivity index (χ4v) is 6.85. The Bertz CT molecular complexity index is 441. The molecule has 0 saturated heterocycles. The Balaban J connectivity index is 2.55. The van der Waals surface area contributed by atoms with Crippen LogP contribution in [0.3, 0.4) is 0 Å². The zero-order valence-corrected chi connectivity index (χ0v) is 13.9. The number of benzene rings is 1. The van der Waals surface area contributed by atoms with Crippen LogP contribution in [0.2, 0.25) is 19.1 Å². The molecule has 1 aliphatic rings. The quantitative estimate of drug-likeness (QED) is 0.703. The second-order valence-corrected chi connectivity index (χ2v) is 12.1. The maximum absolute atomic E-state index is 2.56. The molecule has 0 fully saturated rings. The van der Waals surface area contributed by atoms with Crippen LogP contribution < -0.4 is 5.19 Å². The molecule has 0 unspecified atom stereocenters. The van der Waals surface area contributed by atoms with Crippen LogP contribution in [0.1, 0.15) is 50.3 Å². The lowest BCUT2D eigenvalue weighted by Gasteiger charge is -2.24. The van der Waals surface area contributed by atoms with E-state index in [-0.39, 0.29) is 0 Å². The molecular weight excluding hydrogens is 232 g/mol. The van der Waals surface area contributed by atoms with E-state index >= 15 is 0 Å². The minimum absolute atomic E-state index is 0.678. The molecule has 0 aliphatic carbocycles. The molecule has 0 amide bonds. The molecule has 0 bridgehead atoms. The minimum Gasteiger partial charge on any atom is -0.0654 e. The number of fused-ring (bicyclic) bond motifs is 1. The first-order valence-corrected chi connectivity index (χ1v) is 10.7. The highest BCUT2D eigenvalue weighted by molar-refractivity contribution is 6.91. The zero-order valence-electron chi connectivity index (χ0n) is 12.9. The second kappa shape index (κ2) is 4.84. The van der Waals surface area contributed by atoms with Gasteiger partial charge in [-0.05, 0) is 47.4 Å². The van der Waals surface area contributed by atoms with Gasteiger partial charge in [-0.25, -0.2) is 0 Å². The van der Waals surface area contributed by atoms with Gasteiger partial charge in [0.1, 0.15) is 0 Å². The van der Waals surface area contributed by atoms with E-state index in [1.54, 1.807) is 16.7 Å². The largest absolute Gasteiger partial charge is 0.0817 e.